The predicted molar refractivity (Wildman–Crippen MR) is 52.0 cm³/mol. The number of aryl methyl sites for hydroxylation is 2. The van der Waals surface area contributed by atoms with E-state index in [1.54, 1.807) is 19.9 Å². The van der Waals surface area contributed by atoms with Crippen LogP contribution in [-0.4, -0.2) is 0 Å². The first-order valence-corrected chi connectivity index (χ1v) is 4.35. The lowest BCUT2D eigenvalue weighted by Crippen LogP contribution is -1.89. The quantitative estimate of drug-likeness (QED) is 0.553. The van der Waals surface area contributed by atoms with Gasteiger partial charge in [0.2, 0.25) is 0 Å². The lowest BCUT2D eigenvalue weighted by Gasteiger charge is -2.02. The van der Waals surface area contributed by atoms with Crippen molar-refractivity contribution < 1.29 is 4.39 Å². The third kappa shape index (κ3) is 2.33. The van der Waals surface area contributed by atoms with Crippen molar-refractivity contribution in [2.24, 2.45) is 0 Å². The molecular weight excluding hydrogens is 151 g/mol. The number of halogens is 1. The molecule has 0 aromatic heterocycles. The zero-order valence-electron chi connectivity index (χ0n) is 8.53. The number of benzene rings is 1. The molecule has 0 radical (unpaired) electrons. The van der Waals surface area contributed by atoms with Crippen LogP contribution >= 0.6 is 0 Å². The maximum atomic E-state index is 13.0. The third-order valence-electron chi connectivity index (χ3n) is 1.85. The van der Waals surface area contributed by atoms with Gasteiger partial charge in [-0.1, -0.05) is 26.0 Å². The molecule has 0 saturated heterocycles. The van der Waals surface area contributed by atoms with Gasteiger partial charge in [-0.15, -0.1) is 0 Å². The number of hydrogen-bond donors (Lipinski definition) is 0. The maximum absolute atomic E-state index is 13.0. The molecule has 0 aliphatic carbocycles. The van der Waals surface area contributed by atoms with E-state index < -0.39 is 0 Å². The van der Waals surface area contributed by atoms with Gasteiger partial charge in [-0.05, 0) is 37.5 Å². The molecule has 0 heterocycles. The van der Waals surface area contributed by atoms with Crippen LogP contribution in [0.25, 0.3) is 0 Å². The van der Waals surface area contributed by atoms with Crippen molar-refractivity contribution in [2.45, 2.75) is 34.6 Å². The topological polar surface area (TPSA) is 0 Å². The van der Waals surface area contributed by atoms with E-state index in [0.29, 0.717) is 0 Å². The highest BCUT2D eigenvalue weighted by Crippen LogP contribution is 2.14. The summed E-state index contributed by atoms with van der Waals surface area (Å²) in [7, 11) is 0. The fraction of sp³-hybridized carbons (Fsp3) is 0.455. The summed E-state index contributed by atoms with van der Waals surface area (Å²) in [5, 5.41) is 0. The lowest BCUT2D eigenvalue weighted by molar-refractivity contribution is 0.607. The van der Waals surface area contributed by atoms with E-state index in [1.807, 2.05) is 26.8 Å². The third-order valence-corrected chi connectivity index (χ3v) is 1.85. The Hall–Kier alpha value is -0.850. The van der Waals surface area contributed by atoms with Crippen LogP contribution in [0.3, 0.4) is 0 Å². The standard InChI is InChI=1S/C9H11F.C2H6/c1-6-4-5-7(2)9(10)8(6)3;1-2/h4-5H,1-3H3;1-2H3. The molecule has 0 nitrogen and oxygen atoms in total. The number of rotatable bonds is 0. The molecule has 1 heteroatoms. The normalized spacial score (nSPS) is 8.83. The van der Waals surface area contributed by atoms with Crippen LogP contribution in [0.4, 0.5) is 4.39 Å². The van der Waals surface area contributed by atoms with Crippen molar-refractivity contribution in [2.75, 3.05) is 0 Å². The van der Waals surface area contributed by atoms with Crippen LogP contribution in [0.15, 0.2) is 12.1 Å². The zero-order chi connectivity index (χ0) is 9.72. The fourth-order valence-corrected chi connectivity index (χ4v) is 0.917. The summed E-state index contributed by atoms with van der Waals surface area (Å²) in [6.07, 6.45) is 0. The summed E-state index contributed by atoms with van der Waals surface area (Å²) in [5.74, 6) is -0.0694. The molecule has 0 fully saturated rings. The molecule has 0 unspecified atom stereocenters. The monoisotopic (exact) mass is 168 g/mol. The van der Waals surface area contributed by atoms with E-state index in [2.05, 4.69) is 0 Å². The molecule has 12 heavy (non-hydrogen) atoms. The SMILES string of the molecule is CC.Cc1ccc(C)c(F)c1C. The molecule has 0 aliphatic rings. The van der Waals surface area contributed by atoms with Crippen molar-refractivity contribution >= 4 is 0 Å². The highest BCUT2D eigenvalue weighted by Gasteiger charge is 2.01. The second kappa shape index (κ2) is 4.91. The van der Waals surface area contributed by atoms with E-state index >= 15 is 0 Å². The summed E-state index contributed by atoms with van der Waals surface area (Å²) < 4.78 is 13.0. The first-order chi connectivity index (χ1) is 5.63. The Morgan fingerprint density at radius 1 is 0.917 bits per heavy atom. The van der Waals surface area contributed by atoms with Gasteiger partial charge in [-0.3, -0.25) is 0 Å². The largest absolute Gasteiger partial charge is 0.206 e. The molecule has 1 rings (SSSR count). The Kier molecular flexibility index (Phi) is 4.57. The molecule has 0 amide bonds. The Bertz CT molecular complexity index is 224. The molecular formula is C11H17F. The van der Waals surface area contributed by atoms with Crippen LogP contribution in [0.5, 0.6) is 0 Å². The van der Waals surface area contributed by atoms with Gasteiger partial charge < -0.3 is 0 Å². The van der Waals surface area contributed by atoms with Crippen molar-refractivity contribution in [1.82, 2.24) is 0 Å². The average Bonchev–Trinajstić information content (AvgIpc) is 2.12. The van der Waals surface area contributed by atoms with Crippen LogP contribution < -0.4 is 0 Å². The molecule has 0 saturated carbocycles. The Balaban J connectivity index is 0.000000561. The Morgan fingerprint density at radius 3 is 1.75 bits per heavy atom. The number of hydrogen-bond acceptors (Lipinski definition) is 0. The van der Waals surface area contributed by atoms with Crippen LogP contribution in [-0.2, 0) is 0 Å². The molecule has 1 aromatic carbocycles. The van der Waals surface area contributed by atoms with E-state index in [9.17, 15) is 4.39 Å². The minimum atomic E-state index is -0.0694. The minimum Gasteiger partial charge on any atom is -0.206 e. The van der Waals surface area contributed by atoms with Gasteiger partial charge in [-0.25, -0.2) is 4.39 Å². The van der Waals surface area contributed by atoms with Crippen LogP contribution in [0, 0.1) is 26.6 Å². The van der Waals surface area contributed by atoms with Gasteiger partial charge in [0.15, 0.2) is 0 Å². The summed E-state index contributed by atoms with van der Waals surface area (Å²) >= 11 is 0. The molecule has 0 atom stereocenters. The molecule has 0 spiro atoms. The van der Waals surface area contributed by atoms with Crippen molar-refractivity contribution in [3.05, 3.63) is 34.6 Å². The summed E-state index contributed by atoms with van der Waals surface area (Å²) in [5.41, 5.74) is 2.51. The van der Waals surface area contributed by atoms with Gasteiger partial charge in [0, 0.05) is 0 Å². The van der Waals surface area contributed by atoms with Crippen molar-refractivity contribution in [3.63, 3.8) is 0 Å². The van der Waals surface area contributed by atoms with E-state index in [-0.39, 0.29) is 5.82 Å². The average molecular weight is 168 g/mol. The van der Waals surface area contributed by atoms with E-state index in [0.717, 1.165) is 16.7 Å². The minimum absolute atomic E-state index is 0.0694. The summed E-state index contributed by atoms with van der Waals surface area (Å²) in [6, 6.07) is 3.74. The zero-order valence-corrected chi connectivity index (χ0v) is 8.53. The molecule has 68 valence electrons. The lowest BCUT2D eigenvalue weighted by atomic mass is 10.1. The summed E-state index contributed by atoms with van der Waals surface area (Å²) in [4.78, 5) is 0. The van der Waals surface area contributed by atoms with Gasteiger partial charge in [-0.2, -0.15) is 0 Å². The predicted octanol–water partition coefficient (Wildman–Crippen LogP) is 3.78. The van der Waals surface area contributed by atoms with Crippen LogP contribution in [0.1, 0.15) is 30.5 Å². The van der Waals surface area contributed by atoms with Crippen LogP contribution in [0.2, 0.25) is 0 Å². The van der Waals surface area contributed by atoms with Gasteiger partial charge in [0.1, 0.15) is 5.82 Å². The highest BCUT2D eigenvalue weighted by atomic mass is 19.1. The first kappa shape index (κ1) is 11.2. The molecule has 0 N–H and O–H groups in total. The van der Waals surface area contributed by atoms with Gasteiger partial charge in [0.05, 0.1) is 0 Å². The smallest absolute Gasteiger partial charge is 0.129 e. The molecule has 1 aromatic rings. The van der Waals surface area contributed by atoms with E-state index in [4.69, 9.17) is 0 Å². The second-order valence-electron chi connectivity index (χ2n) is 2.64. The Morgan fingerprint density at radius 2 is 1.33 bits per heavy atom. The van der Waals surface area contributed by atoms with Crippen molar-refractivity contribution in [1.29, 1.82) is 0 Å². The van der Waals surface area contributed by atoms with Crippen molar-refractivity contribution in [3.8, 4) is 0 Å². The fourth-order valence-electron chi connectivity index (χ4n) is 0.917. The highest BCUT2D eigenvalue weighted by molar-refractivity contribution is 5.30. The second-order valence-corrected chi connectivity index (χ2v) is 2.64. The maximum Gasteiger partial charge on any atom is 0.129 e. The molecule has 0 aliphatic heterocycles. The Labute approximate surface area is 74.4 Å². The van der Waals surface area contributed by atoms with Gasteiger partial charge >= 0.3 is 0 Å². The summed E-state index contributed by atoms with van der Waals surface area (Å²) in [6.45, 7) is 9.50. The first-order valence-electron chi connectivity index (χ1n) is 4.35. The van der Waals surface area contributed by atoms with E-state index in [1.165, 1.54) is 0 Å². The van der Waals surface area contributed by atoms with Gasteiger partial charge in [0.25, 0.3) is 0 Å². The molecule has 0 bridgehead atoms.